The van der Waals surface area contributed by atoms with Gasteiger partial charge < -0.3 is 5.32 Å². The van der Waals surface area contributed by atoms with Crippen LogP contribution in [0.2, 0.25) is 5.15 Å². The zero-order chi connectivity index (χ0) is 25.1. The average molecular weight is 521 g/mol. The van der Waals surface area contributed by atoms with Crippen molar-refractivity contribution in [3.63, 3.8) is 0 Å². The molecule has 0 spiro atoms. The van der Waals surface area contributed by atoms with Crippen molar-refractivity contribution in [2.45, 2.75) is 24.4 Å². The minimum atomic E-state index is -0.231. The van der Waals surface area contributed by atoms with Gasteiger partial charge in [0.05, 0.1) is 5.52 Å². The third-order valence-corrected chi connectivity index (χ3v) is 7.35. The van der Waals surface area contributed by atoms with E-state index in [1.165, 1.54) is 22.6 Å². The van der Waals surface area contributed by atoms with Crippen LogP contribution in [0.3, 0.4) is 0 Å². The van der Waals surface area contributed by atoms with Gasteiger partial charge in [0.2, 0.25) is 0 Å². The van der Waals surface area contributed by atoms with Gasteiger partial charge in [-0.25, -0.2) is 14.2 Å². The van der Waals surface area contributed by atoms with Crippen LogP contribution in [0.4, 0.5) is 9.18 Å². The van der Waals surface area contributed by atoms with Crippen LogP contribution in [0.1, 0.15) is 22.4 Å². The predicted molar refractivity (Wildman–Crippen MR) is 145 cm³/mol. The minimum Gasteiger partial charge on any atom is -0.333 e. The van der Waals surface area contributed by atoms with Crippen LogP contribution < -0.4 is 5.32 Å². The van der Waals surface area contributed by atoms with Crippen molar-refractivity contribution in [2.75, 3.05) is 19.3 Å². The van der Waals surface area contributed by atoms with Gasteiger partial charge in [0, 0.05) is 54.8 Å². The summed E-state index contributed by atoms with van der Waals surface area (Å²) in [6, 6.07) is 16.2. The van der Waals surface area contributed by atoms with E-state index in [1.807, 2.05) is 22.8 Å². The summed E-state index contributed by atoms with van der Waals surface area (Å²) < 4.78 is 15.0. The lowest BCUT2D eigenvalue weighted by molar-refractivity contribution is 0.240. The van der Waals surface area contributed by atoms with E-state index in [0.717, 1.165) is 53.8 Å². The smallest absolute Gasteiger partial charge is 0.326 e. The Labute approximate surface area is 219 Å². The molecule has 2 aromatic heterocycles. The van der Waals surface area contributed by atoms with E-state index >= 15 is 0 Å². The highest BCUT2D eigenvalue weighted by molar-refractivity contribution is 7.98. The van der Waals surface area contributed by atoms with Gasteiger partial charge in [-0.1, -0.05) is 35.9 Å². The summed E-state index contributed by atoms with van der Waals surface area (Å²) in [4.78, 5) is 20.9. The molecule has 0 unspecified atom stereocenters. The lowest BCUT2D eigenvalue weighted by atomic mass is 10.0. The molecule has 0 saturated heterocycles. The van der Waals surface area contributed by atoms with E-state index in [0.29, 0.717) is 11.7 Å². The number of hydrogen-bond acceptors (Lipinski definition) is 4. The molecule has 5 rings (SSSR count). The Bertz CT molecular complexity index is 1430. The number of pyridine rings is 1. The number of carbonyl (C=O) groups excluding carboxylic acids is 1. The van der Waals surface area contributed by atoms with E-state index in [1.54, 1.807) is 36.2 Å². The standard InChI is InChI=1S/C28H26ClFN4OS/c1-36-22-8-9-25-23(16-22)24-18-33(13-2-3-19-4-6-21(30)7-5-19)14-11-26(24)34(25)28(35)32-17-20-10-12-31-27(29)15-20/h2-10,12,15-16H,11,13-14,17-18H2,1H3,(H,32,35)/b3-2+. The summed E-state index contributed by atoms with van der Waals surface area (Å²) in [6.45, 7) is 2.76. The van der Waals surface area contributed by atoms with Crippen molar-refractivity contribution in [2.24, 2.45) is 0 Å². The zero-order valence-corrected chi connectivity index (χ0v) is 21.5. The molecule has 4 aromatic rings. The third-order valence-electron chi connectivity index (χ3n) is 6.42. The molecule has 0 fully saturated rings. The monoisotopic (exact) mass is 520 g/mol. The summed E-state index contributed by atoms with van der Waals surface area (Å²) in [7, 11) is 0. The Morgan fingerprint density at radius 2 is 2.03 bits per heavy atom. The molecule has 1 amide bonds. The second-order valence-electron chi connectivity index (χ2n) is 8.73. The predicted octanol–water partition coefficient (Wildman–Crippen LogP) is 6.38. The van der Waals surface area contributed by atoms with Crippen LogP contribution in [-0.2, 0) is 19.5 Å². The number of aromatic nitrogens is 2. The number of benzene rings is 2. The van der Waals surface area contributed by atoms with Crippen molar-refractivity contribution >= 4 is 46.4 Å². The molecule has 1 aliphatic rings. The van der Waals surface area contributed by atoms with Gasteiger partial charge in [-0.3, -0.25) is 9.47 Å². The molecule has 0 bridgehead atoms. The molecule has 5 nitrogen and oxygen atoms in total. The van der Waals surface area contributed by atoms with E-state index in [2.05, 4.69) is 39.7 Å². The summed E-state index contributed by atoms with van der Waals surface area (Å²) in [5.74, 6) is -0.231. The molecular weight excluding hydrogens is 495 g/mol. The normalized spacial score (nSPS) is 13.9. The number of hydrogen-bond donors (Lipinski definition) is 1. The molecule has 1 aliphatic heterocycles. The van der Waals surface area contributed by atoms with Crippen molar-refractivity contribution < 1.29 is 9.18 Å². The number of thioether (sulfide) groups is 1. The summed E-state index contributed by atoms with van der Waals surface area (Å²) >= 11 is 7.69. The van der Waals surface area contributed by atoms with E-state index < -0.39 is 0 Å². The van der Waals surface area contributed by atoms with Crippen molar-refractivity contribution in [1.29, 1.82) is 0 Å². The second kappa shape index (κ2) is 10.9. The first-order valence-corrected chi connectivity index (χ1v) is 13.4. The maximum absolute atomic E-state index is 13.4. The fourth-order valence-electron chi connectivity index (χ4n) is 4.63. The number of rotatable bonds is 6. The quantitative estimate of drug-likeness (QED) is 0.237. The van der Waals surface area contributed by atoms with Crippen LogP contribution >= 0.6 is 23.4 Å². The summed E-state index contributed by atoms with van der Waals surface area (Å²) in [5, 5.41) is 4.57. The summed E-state index contributed by atoms with van der Waals surface area (Å²) in [5.41, 5.74) is 5.06. The maximum atomic E-state index is 13.4. The third kappa shape index (κ3) is 5.33. The fraction of sp³-hybridized carbons (Fsp3) is 0.214. The Morgan fingerprint density at radius 3 is 2.81 bits per heavy atom. The van der Waals surface area contributed by atoms with E-state index in [4.69, 9.17) is 11.6 Å². The first-order valence-electron chi connectivity index (χ1n) is 11.7. The Hall–Kier alpha value is -3.13. The zero-order valence-electron chi connectivity index (χ0n) is 19.9. The summed E-state index contributed by atoms with van der Waals surface area (Å²) in [6.07, 6.45) is 8.60. The van der Waals surface area contributed by atoms with Gasteiger partial charge in [-0.05, 0) is 65.4 Å². The van der Waals surface area contributed by atoms with Gasteiger partial charge in [0.25, 0.3) is 0 Å². The number of nitrogens with one attached hydrogen (secondary N) is 1. The molecule has 8 heteroatoms. The van der Waals surface area contributed by atoms with Gasteiger partial charge in [-0.2, -0.15) is 0 Å². The van der Waals surface area contributed by atoms with Crippen LogP contribution in [-0.4, -0.2) is 39.8 Å². The lowest BCUT2D eigenvalue weighted by Crippen LogP contribution is -2.34. The molecule has 1 N–H and O–H groups in total. The van der Waals surface area contributed by atoms with Crippen LogP contribution in [0.15, 0.2) is 71.8 Å². The van der Waals surface area contributed by atoms with Gasteiger partial charge in [0.1, 0.15) is 11.0 Å². The highest BCUT2D eigenvalue weighted by Gasteiger charge is 2.26. The highest BCUT2D eigenvalue weighted by atomic mass is 35.5. The van der Waals surface area contributed by atoms with Gasteiger partial charge in [-0.15, -0.1) is 11.8 Å². The van der Waals surface area contributed by atoms with Crippen molar-refractivity contribution in [3.8, 4) is 0 Å². The molecule has 0 atom stereocenters. The fourth-order valence-corrected chi connectivity index (χ4v) is 5.27. The number of fused-ring (bicyclic) bond motifs is 3. The molecular formula is C28H26ClFN4OS. The Morgan fingerprint density at radius 1 is 1.19 bits per heavy atom. The number of amides is 1. The van der Waals surface area contributed by atoms with Crippen molar-refractivity contribution in [3.05, 3.63) is 100 Å². The molecule has 184 valence electrons. The number of carbonyl (C=O) groups is 1. The average Bonchev–Trinajstić information content (AvgIpc) is 3.21. The van der Waals surface area contributed by atoms with E-state index in [-0.39, 0.29) is 11.8 Å². The van der Waals surface area contributed by atoms with E-state index in [9.17, 15) is 9.18 Å². The topological polar surface area (TPSA) is 50.2 Å². The second-order valence-corrected chi connectivity index (χ2v) is 10.00. The first-order chi connectivity index (χ1) is 17.5. The van der Waals surface area contributed by atoms with Crippen LogP contribution in [0.25, 0.3) is 17.0 Å². The minimum absolute atomic E-state index is 0.143. The van der Waals surface area contributed by atoms with Gasteiger partial charge in [0.15, 0.2) is 0 Å². The highest BCUT2D eigenvalue weighted by Crippen LogP contribution is 2.33. The molecule has 3 heterocycles. The Kier molecular flexibility index (Phi) is 7.41. The molecule has 36 heavy (non-hydrogen) atoms. The molecule has 2 aromatic carbocycles. The molecule has 0 saturated carbocycles. The number of halogens is 2. The van der Waals surface area contributed by atoms with Gasteiger partial charge >= 0.3 is 6.03 Å². The number of nitrogens with zero attached hydrogens (tertiary/aromatic N) is 3. The molecule has 0 radical (unpaired) electrons. The first kappa shape index (κ1) is 24.6. The Balaban J connectivity index is 1.38. The van der Waals surface area contributed by atoms with Crippen LogP contribution in [0.5, 0.6) is 0 Å². The lowest BCUT2D eigenvalue weighted by Gasteiger charge is -2.27. The van der Waals surface area contributed by atoms with Crippen LogP contribution in [0, 0.1) is 5.82 Å². The largest absolute Gasteiger partial charge is 0.333 e. The van der Waals surface area contributed by atoms with Crippen molar-refractivity contribution in [1.82, 2.24) is 19.8 Å². The molecule has 0 aliphatic carbocycles. The maximum Gasteiger partial charge on any atom is 0.326 e. The SMILES string of the molecule is CSc1ccc2c(c1)c1c(n2C(=O)NCc2ccnc(Cl)c2)CCN(C/C=C/c2ccc(F)cc2)C1.